The molecule has 3 nitrogen and oxygen atoms in total. The van der Waals surface area contributed by atoms with Crippen LogP contribution >= 0.6 is 0 Å². The molecule has 0 spiro atoms. The summed E-state index contributed by atoms with van der Waals surface area (Å²) in [5.74, 6) is 0.958. The number of hydrogen-bond donors (Lipinski definition) is 1. The molecule has 1 aliphatic carbocycles. The first kappa shape index (κ1) is 14.8. The molecule has 0 atom stereocenters. The minimum atomic E-state index is 0.301. The molecule has 1 aliphatic heterocycles. The molecule has 2 rings (SSSR count). The van der Waals surface area contributed by atoms with Gasteiger partial charge in [0.15, 0.2) is 0 Å². The van der Waals surface area contributed by atoms with Crippen molar-refractivity contribution in [3.63, 3.8) is 0 Å². The van der Waals surface area contributed by atoms with Gasteiger partial charge in [-0.1, -0.05) is 19.3 Å². The van der Waals surface area contributed by atoms with Gasteiger partial charge >= 0.3 is 0 Å². The zero-order valence-electron chi connectivity index (χ0n) is 12.7. The van der Waals surface area contributed by atoms with E-state index in [2.05, 4.69) is 24.1 Å². The van der Waals surface area contributed by atoms with Crippen molar-refractivity contribution in [2.45, 2.75) is 77.3 Å². The fraction of sp³-hybridized carbons (Fsp3) is 0.938. The van der Waals surface area contributed by atoms with E-state index in [1.54, 1.807) is 0 Å². The van der Waals surface area contributed by atoms with Crippen molar-refractivity contribution in [2.24, 2.45) is 5.92 Å². The molecule has 0 aromatic heterocycles. The quantitative estimate of drug-likeness (QED) is 0.848. The van der Waals surface area contributed by atoms with Crippen molar-refractivity contribution < 1.29 is 4.79 Å². The summed E-state index contributed by atoms with van der Waals surface area (Å²) in [4.78, 5) is 14.6. The third-order valence-electron chi connectivity index (χ3n) is 4.82. The molecule has 0 unspecified atom stereocenters. The Morgan fingerprint density at radius 1 is 1.11 bits per heavy atom. The average Bonchev–Trinajstić information content (AvgIpc) is 2.40. The van der Waals surface area contributed by atoms with Crippen LogP contribution in [0.2, 0.25) is 0 Å². The lowest BCUT2D eigenvalue weighted by Gasteiger charge is -2.35. The third-order valence-corrected chi connectivity index (χ3v) is 4.82. The van der Waals surface area contributed by atoms with Gasteiger partial charge in [0, 0.05) is 31.6 Å². The molecule has 0 radical (unpaired) electrons. The Morgan fingerprint density at radius 2 is 1.74 bits per heavy atom. The van der Waals surface area contributed by atoms with Gasteiger partial charge in [-0.3, -0.25) is 4.79 Å². The molecule has 1 saturated carbocycles. The lowest BCUT2D eigenvalue weighted by atomic mass is 9.86. The van der Waals surface area contributed by atoms with Gasteiger partial charge in [-0.15, -0.1) is 0 Å². The first-order chi connectivity index (χ1) is 9.15. The predicted molar refractivity (Wildman–Crippen MR) is 79.1 cm³/mol. The molecule has 2 fully saturated rings. The second-order valence-electron chi connectivity index (χ2n) is 6.68. The maximum Gasteiger partial charge on any atom is 0.220 e. The van der Waals surface area contributed by atoms with Crippen LogP contribution in [0.1, 0.15) is 65.2 Å². The van der Waals surface area contributed by atoms with E-state index in [9.17, 15) is 4.79 Å². The highest BCUT2D eigenvalue weighted by Crippen LogP contribution is 2.26. The summed E-state index contributed by atoms with van der Waals surface area (Å²) in [7, 11) is 0. The second-order valence-corrected chi connectivity index (χ2v) is 6.68. The number of carbonyl (C=O) groups excluding carboxylic acids is 1. The van der Waals surface area contributed by atoms with Crippen LogP contribution in [0.4, 0.5) is 0 Å². The SMILES string of the molecule is CC(C)N1CCC(NC(=O)CC2CCCCC2)CC1. The van der Waals surface area contributed by atoms with Gasteiger partial charge in [-0.2, -0.15) is 0 Å². The van der Waals surface area contributed by atoms with Crippen LogP contribution in [0.15, 0.2) is 0 Å². The van der Waals surface area contributed by atoms with Crippen molar-refractivity contribution >= 4 is 5.91 Å². The van der Waals surface area contributed by atoms with Gasteiger partial charge in [-0.05, 0) is 45.4 Å². The summed E-state index contributed by atoms with van der Waals surface area (Å²) < 4.78 is 0. The van der Waals surface area contributed by atoms with Crippen molar-refractivity contribution in [3.05, 3.63) is 0 Å². The summed E-state index contributed by atoms with van der Waals surface area (Å²) in [5.41, 5.74) is 0. The molecule has 110 valence electrons. The molecule has 1 N–H and O–H groups in total. The molecule has 3 heteroatoms. The smallest absolute Gasteiger partial charge is 0.220 e. The average molecular weight is 266 g/mol. The van der Waals surface area contributed by atoms with E-state index < -0.39 is 0 Å². The highest BCUT2D eigenvalue weighted by Gasteiger charge is 2.23. The summed E-state index contributed by atoms with van der Waals surface area (Å²) in [6.45, 7) is 6.77. The van der Waals surface area contributed by atoms with E-state index in [1.807, 2.05) is 0 Å². The molecular weight excluding hydrogens is 236 g/mol. The monoisotopic (exact) mass is 266 g/mol. The molecule has 2 aliphatic rings. The molecular formula is C16H30N2O. The number of nitrogens with one attached hydrogen (secondary N) is 1. The fourth-order valence-corrected chi connectivity index (χ4v) is 3.50. The van der Waals surface area contributed by atoms with E-state index in [4.69, 9.17) is 0 Å². The first-order valence-electron chi connectivity index (χ1n) is 8.18. The molecule has 19 heavy (non-hydrogen) atoms. The zero-order chi connectivity index (χ0) is 13.7. The number of likely N-dealkylation sites (tertiary alicyclic amines) is 1. The van der Waals surface area contributed by atoms with Crippen LogP contribution in [-0.2, 0) is 4.79 Å². The lowest BCUT2D eigenvalue weighted by Crippen LogP contribution is -2.46. The largest absolute Gasteiger partial charge is 0.353 e. The number of amides is 1. The Morgan fingerprint density at radius 3 is 2.32 bits per heavy atom. The van der Waals surface area contributed by atoms with E-state index in [0.29, 0.717) is 23.9 Å². The van der Waals surface area contributed by atoms with Gasteiger partial charge in [0.25, 0.3) is 0 Å². The van der Waals surface area contributed by atoms with Crippen molar-refractivity contribution in [2.75, 3.05) is 13.1 Å². The van der Waals surface area contributed by atoms with Crippen molar-refractivity contribution in [1.82, 2.24) is 10.2 Å². The fourth-order valence-electron chi connectivity index (χ4n) is 3.50. The molecule has 1 heterocycles. The summed E-state index contributed by atoms with van der Waals surface area (Å²) in [5, 5.41) is 3.26. The normalized spacial score (nSPS) is 23.7. The van der Waals surface area contributed by atoms with Gasteiger partial charge < -0.3 is 10.2 Å². The van der Waals surface area contributed by atoms with Crippen LogP contribution in [0, 0.1) is 5.92 Å². The van der Waals surface area contributed by atoms with E-state index in [1.165, 1.54) is 32.1 Å². The summed E-state index contributed by atoms with van der Waals surface area (Å²) in [6, 6.07) is 1.06. The Kier molecular flexibility index (Phi) is 5.68. The standard InChI is InChI=1S/C16H30N2O/c1-13(2)18-10-8-15(9-11-18)17-16(19)12-14-6-4-3-5-7-14/h13-15H,3-12H2,1-2H3,(H,17,19). The van der Waals surface area contributed by atoms with Crippen LogP contribution in [0.25, 0.3) is 0 Å². The maximum atomic E-state index is 12.1. The van der Waals surface area contributed by atoms with Gasteiger partial charge in [0.05, 0.1) is 0 Å². The van der Waals surface area contributed by atoms with E-state index in [0.717, 1.165) is 32.4 Å². The van der Waals surface area contributed by atoms with Crippen LogP contribution < -0.4 is 5.32 Å². The Hall–Kier alpha value is -0.570. The van der Waals surface area contributed by atoms with E-state index >= 15 is 0 Å². The minimum Gasteiger partial charge on any atom is -0.353 e. The molecule has 1 saturated heterocycles. The molecule has 0 bridgehead atoms. The maximum absolute atomic E-state index is 12.1. The number of carbonyl (C=O) groups is 1. The summed E-state index contributed by atoms with van der Waals surface area (Å²) >= 11 is 0. The van der Waals surface area contributed by atoms with Gasteiger partial charge in [0.1, 0.15) is 0 Å². The predicted octanol–water partition coefficient (Wildman–Crippen LogP) is 2.95. The molecule has 0 aromatic carbocycles. The van der Waals surface area contributed by atoms with Crippen molar-refractivity contribution in [3.8, 4) is 0 Å². The number of nitrogens with zero attached hydrogens (tertiary/aromatic N) is 1. The minimum absolute atomic E-state index is 0.301. The lowest BCUT2D eigenvalue weighted by molar-refractivity contribution is -0.123. The number of piperidine rings is 1. The zero-order valence-corrected chi connectivity index (χ0v) is 12.7. The Labute approximate surface area is 118 Å². The van der Waals surface area contributed by atoms with Crippen LogP contribution in [-0.4, -0.2) is 36.0 Å². The van der Waals surface area contributed by atoms with Crippen LogP contribution in [0.5, 0.6) is 0 Å². The molecule has 0 aromatic rings. The Bertz CT molecular complexity index is 276. The summed E-state index contributed by atoms with van der Waals surface area (Å²) in [6.07, 6.45) is 9.55. The van der Waals surface area contributed by atoms with Crippen LogP contribution in [0.3, 0.4) is 0 Å². The van der Waals surface area contributed by atoms with E-state index in [-0.39, 0.29) is 0 Å². The number of rotatable bonds is 4. The van der Waals surface area contributed by atoms with Crippen molar-refractivity contribution in [1.29, 1.82) is 0 Å². The Balaban J connectivity index is 1.65. The third kappa shape index (κ3) is 4.79. The first-order valence-corrected chi connectivity index (χ1v) is 8.18. The highest BCUT2D eigenvalue weighted by atomic mass is 16.1. The number of hydrogen-bond acceptors (Lipinski definition) is 2. The topological polar surface area (TPSA) is 32.3 Å². The highest BCUT2D eigenvalue weighted by molar-refractivity contribution is 5.76. The molecule has 1 amide bonds. The van der Waals surface area contributed by atoms with Gasteiger partial charge in [-0.25, -0.2) is 0 Å². The van der Waals surface area contributed by atoms with Gasteiger partial charge in [0.2, 0.25) is 5.91 Å². The second kappa shape index (κ2) is 7.28.